The van der Waals surface area contributed by atoms with Gasteiger partial charge >= 0.3 is 0 Å². The summed E-state index contributed by atoms with van der Waals surface area (Å²) in [6.45, 7) is 1.33. The van der Waals surface area contributed by atoms with E-state index >= 15 is 0 Å². The summed E-state index contributed by atoms with van der Waals surface area (Å²) in [5, 5.41) is 63.1. The number of nitrogens with two attached hydrogens (primary N) is 4. The van der Waals surface area contributed by atoms with Crippen LogP contribution in [0.25, 0.3) is 0 Å². The molecule has 5 aliphatic rings. The van der Waals surface area contributed by atoms with Crippen molar-refractivity contribution in [2.24, 2.45) is 28.9 Å². The number of aliphatic hydroxyl groups is 5. The third kappa shape index (κ3) is 6.34. The van der Waals surface area contributed by atoms with E-state index in [-0.39, 0.29) is 43.5 Å². The van der Waals surface area contributed by atoms with Gasteiger partial charge in [-0.1, -0.05) is 0 Å². The lowest BCUT2D eigenvalue weighted by atomic mass is 9.71. The second kappa shape index (κ2) is 13.1. The van der Waals surface area contributed by atoms with E-state index in [2.05, 4.69) is 16.0 Å². The van der Waals surface area contributed by atoms with Gasteiger partial charge in [-0.3, -0.25) is 4.79 Å². The molecule has 5 rings (SSSR count). The van der Waals surface area contributed by atoms with Gasteiger partial charge in [-0.25, -0.2) is 0 Å². The molecule has 16 N–H and O–H groups in total. The van der Waals surface area contributed by atoms with Gasteiger partial charge < -0.3 is 78.6 Å². The number of nitrogens with one attached hydrogen (secondary N) is 3. The van der Waals surface area contributed by atoms with Crippen molar-refractivity contribution in [1.82, 2.24) is 16.0 Å². The van der Waals surface area contributed by atoms with E-state index in [9.17, 15) is 30.3 Å². The number of amides is 1. The van der Waals surface area contributed by atoms with Gasteiger partial charge in [0, 0.05) is 62.6 Å². The van der Waals surface area contributed by atoms with Crippen LogP contribution in [0.3, 0.4) is 0 Å². The van der Waals surface area contributed by atoms with Crippen molar-refractivity contribution in [2.75, 3.05) is 26.2 Å². The lowest BCUT2D eigenvalue weighted by Crippen LogP contribution is -2.71. The molecule has 5 fully saturated rings. The summed E-state index contributed by atoms with van der Waals surface area (Å²) >= 11 is 0. The lowest BCUT2D eigenvalue weighted by Gasteiger charge is -2.52. The first kappa shape index (κ1) is 32.3. The minimum atomic E-state index is -1.65. The van der Waals surface area contributed by atoms with Crippen LogP contribution < -0.4 is 38.9 Å². The zero-order valence-corrected chi connectivity index (χ0v) is 23.7. The molecule has 0 aromatic heterocycles. The molecular formula is C26H49N7O9. The molecular weight excluding hydrogens is 554 g/mol. The Morgan fingerprint density at radius 1 is 1.02 bits per heavy atom. The molecule has 16 nitrogen and oxygen atoms in total. The first-order chi connectivity index (χ1) is 19.9. The molecule has 1 amide bonds. The van der Waals surface area contributed by atoms with Gasteiger partial charge in [-0.15, -0.1) is 0 Å². The van der Waals surface area contributed by atoms with Gasteiger partial charge in [0.05, 0.1) is 37.0 Å². The van der Waals surface area contributed by atoms with Gasteiger partial charge in [-0.2, -0.15) is 0 Å². The van der Waals surface area contributed by atoms with Gasteiger partial charge in [0.2, 0.25) is 0 Å². The predicted molar refractivity (Wildman–Crippen MR) is 147 cm³/mol. The van der Waals surface area contributed by atoms with Crippen LogP contribution in [0, 0.1) is 5.92 Å². The maximum Gasteiger partial charge on any atom is 0.252 e. The molecule has 3 heterocycles. The van der Waals surface area contributed by atoms with Gasteiger partial charge in [0.15, 0.2) is 6.29 Å². The fourth-order valence-electron chi connectivity index (χ4n) is 7.06. The van der Waals surface area contributed by atoms with Crippen LogP contribution in [0.5, 0.6) is 0 Å². The smallest absolute Gasteiger partial charge is 0.252 e. The maximum atomic E-state index is 13.1. The first-order valence-corrected chi connectivity index (χ1v) is 15.0. The number of rotatable bonds is 9. The molecule has 0 aromatic carbocycles. The van der Waals surface area contributed by atoms with Crippen LogP contribution in [-0.4, -0.2) is 149 Å². The number of hydrogen-bond donors (Lipinski definition) is 12. The van der Waals surface area contributed by atoms with Crippen molar-refractivity contribution in [3.05, 3.63) is 0 Å². The Balaban J connectivity index is 1.40. The number of aliphatic hydroxyl groups excluding tert-OH is 4. The van der Waals surface area contributed by atoms with Crippen molar-refractivity contribution in [3.63, 3.8) is 0 Å². The Morgan fingerprint density at radius 3 is 2.33 bits per heavy atom. The highest BCUT2D eigenvalue weighted by molar-refractivity contribution is 5.86. The predicted octanol–water partition coefficient (Wildman–Crippen LogP) is -6.38. The molecule has 3 aliphatic heterocycles. The Morgan fingerprint density at radius 2 is 1.74 bits per heavy atom. The zero-order chi connectivity index (χ0) is 30.3. The first-order valence-electron chi connectivity index (χ1n) is 15.0. The third-order valence-electron chi connectivity index (χ3n) is 9.73. The van der Waals surface area contributed by atoms with Crippen molar-refractivity contribution in [1.29, 1.82) is 0 Å². The zero-order valence-electron chi connectivity index (χ0n) is 23.7. The minimum Gasteiger partial charge on any atom is -0.394 e. The molecule has 3 saturated heterocycles. The fraction of sp³-hybridized carbons (Fsp3) is 0.962. The fourth-order valence-corrected chi connectivity index (χ4v) is 7.06. The third-order valence-corrected chi connectivity index (χ3v) is 9.73. The molecule has 242 valence electrons. The highest BCUT2D eigenvalue weighted by atomic mass is 16.7. The molecule has 0 bridgehead atoms. The van der Waals surface area contributed by atoms with E-state index in [1.165, 1.54) is 0 Å². The van der Waals surface area contributed by atoms with Gasteiger partial charge in [0.25, 0.3) is 5.91 Å². The summed E-state index contributed by atoms with van der Waals surface area (Å²) in [6, 6.07) is -2.95. The highest BCUT2D eigenvalue weighted by Gasteiger charge is 2.55. The van der Waals surface area contributed by atoms with Gasteiger partial charge in [0.1, 0.15) is 30.0 Å². The van der Waals surface area contributed by atoms with Crippen LogP contribution in [0.15, 0.2) is 0 Å². The van der Waals surface area contributed by atoms with Crippen molar-refractivity contribution < 1.29 is 44.5 Å². The van der Waals surface area contributed by atoms with Crippen molar-refractivity contribution in [2.45, 2.75) is 123 Å². The lowest BCUT2D eigenvalue weighted by molar-refractivity contribution is -0.306. The van der Waals surface area contributed by atoms with E-state index in [0.717, 1.165) is 25.9 Å². The van der Waals surface area contributed by atoms with Crippen molar-refractivity contribution in [3.8, 4) is 0 Å². The molecule has 13 atom stereocenters. The molecule has 2 saturated carbocycles. The Labute approximate surface area is 244 Å². The number of carbonyl (C=O) groups excluding carboxylic acids is 1. The summed E-state index contributed by atoms with van der Waals surface area (Å²) in [6.07, 6.45) is -6.93. The number of carbonyl (C=O) groups is 1. The monoisotopic (exact) mass is 603 g/mol. The summed E-state index contributed by atoms with van der Waals surface area (Å²) < 4.78 is 18.2. The molecule has 16 heteroatoms. The van der Waals surface area contributed by atoms with E-state index < -0.39 is 85.1 Å². The van der Waals surface area contributed by atoms with Crippen LogP contribution >= 0.6 is 0 Å². The topological polar surface area (TPSA) is 286 Å². The SMILES string of the molecule is NCC1CCC(NC2CNC2)C(C2C(N)CC(NC(=O)C3(O)CC(N)C3)C(OC3OC(CO)C(O)C(N)C3O)C2O)O1. The average Bonchev–Trinajstić information content (AvgIpc) is 2.92. The highest BCUT2D eigenvalue weighted by Crippen LogP contribution is 2.38. The average molecular weight is 604 g/mol. The second-order valence-corrected chi connectivity index (χ2v) is 12.8. The largest absolute Gasteiger partial charge is 0.394 e. The number of hydrogen-bond acceptors (Lipinski definition) is 15. The maximum absolute atomic E-state index is 13.1. The Hall–Kier alpha value is -1.09. The van der Waals surface area contributed by atoms with Crippen LogP contribution in [-0.2, 0) is 19.0 Å². The molecule has 13 unspecified atom stereocenters. The number of ether oxygens (including phenoxy) is 3. The van der Waals surface area contributed by atoms with E-state index in [1.807, 2.05) is 0 Å². The van der Waals surface area contributed by atoms with Gasteiger partial charge in [-0.05, 0) is 19.3 Å². The summed E-state index contributed by atoms with van der Waals surface area (Å²) in [7, 11) is 0. The molecule has 42 heavy (non-hydrogen) atoms. The Kier molecular flexibility index (Phi) is 10.1. The van der Waals surface area contributed by atoms with Crippen LogP contribution in [0.4, 0.5) is 0 Å². The minimum absolute atomic E-state index is 0.0868. The molecule has 2 aliphatic carbocycles. The molecule has 0 spiro atoms. The Bertz CT molecular complexity index is 927. The molecule has 0 radical (unpaired) electrons. The summed E-state index contributed by atoms with van der Waals surface area (Å²) in [5.74, 6) is -1.34. The van der Waals surface area contributed by atoms with E-state index in [4.69, 9.17) is 37.1 Å². The normalized spacial score (nSPS) is 50.0. The second-order valence-electron chi connectivity index (χ2n) is 12.8. The summed E-state index contributed by atoms with van der Waals surface area (Å²) in [5.41, 5.74) is 22.8. The quantitative estimate of drug-likeness (QED) is 0.117. The summed E-state index contributed by atoms with van der Waals surface area (Å²) in [4.78, 5) is 13.1. The van der Waals surface area contributed by atoms with Crippen LogP contribution in [0.2, 0.25) is 0 Å². The van der Waals surface area contributed by atoms with E-state index in [1.54, 1.807) is 0 Å². The van der Waals surface area contributed by atoms with E-state index in [0.29, 0.717) is 6.54 Å². The molecule has 0 aromatic rings. The standard InChI is InChI=1S/C26H49N7O9/c27-6-12-1-2-14(32-11-7-31-8-11)22(40-12)17-13(29)3-15(33-25(38)26(39)4-10(28)5-26)23(20(17)36)42-24-21(37)18(30)19(35)16(9-34)41-24/h10-24,31-32,34-37,39H,1-9,27-30H2,(H,33,38). The van der Waals surface area contributed by atoms with Crippen molar-refractivity contribution >= 4 is 5.91 Å². The van der Waals surface area contributed by atoms with Crippen LogP contribution in [0.1, 0.15) is 32.1 Å².